The van der Waals surface area contributed by atoms with Crippen LogP contribution in [0.15, 0.2) is 35.5 Å². The Kier molecular flexibility index (Phi) is 3.51. The fourth-order valence-corrected chi connectivity index (χ4v) is 1.66. The van der Waals surface area contributed by atoms with E-state index in [1.54, 1.807) is 13.0 Å². The molecule has 0 amide bonds. The SMILES string of the molecule is Cc1cccn(O)c1=Nc1c(C(=O)O)ccc(F)c1F. The average molecular weight is 280 g/mol. The third-order valence-electron chi connectivity index (χ3n) is 2.66. The minimum atomic E-state index is -1.44. The Balaban J connectivity index is 2.82. The van der Waals surface area contributed by atoms with Crippen LogP contribution in [0.25, 0.3) is 0 Å². The topological polar surface area (TPSA) is 74.8 Å². The summed E-state index contributed by atoms with van der Waals surface area (Å²) in [7, 11) is 0. The number of carboxylic acids is 1. The van der Waals surface area contributed by atoms with E-state index in [1.807, 2.05) is 0 Å². The highest BCUT2D eigenvalue weighted by Gasteiger charge is 2.18. The van der Waals surface area contributed by atoms with E-state index in [-0.39, 0.29) is 5.49 Å². The molecule has 0 aliphatic rings. The zero-order valence-electron chi connectivity index (χ0n) is 10.3. The predicted octanol–water partition coefficient (Wildman–Crippen LogP) is 2.24. The molecule has 20 heavy (non-hydrogen) atoms. The van der Waals surface area contributed by atoms with E-state index in [9.17, 15) is 18.8 Å². The Morgan fingerprint density at radius 2 is 2.00 bits per heavy atom. The monoisotopic (exact) mass is 280 g/mol. The van der Waals surface area contributed by atoms with Crippen molar-refractivity contribution in [3.05, 3.63) is 58.7 Å². The van der Waals surface area contributed by atoms with E-state index in [1.165, 1.54) is 12.3 Å². The first-order valence-corrected chi connectivity index (χ1v) is 5.55. The summed E-state index contributed by atoms with van der Waals surface area (Å²) in [6.07, 6.45) is 1.24. The highest BCUT2D eigenvalue weighted by Crippen LogP contribution is 2.25. The van der Waals surface area contributed by atoms with Gasteiger partial charge in [0, 0.05) is 6.20 Å². The molecule has 1 aromatic heterocycles. The molecule has 2 aromatic rings. The number of halogens is 2. The van der Waals surface area contributed by atoms with E-state index < -0.39 is 28.9 Å². The second kappa shape index (κ2) is 5.12. The summed E-state index contributed by atoms with van der Waals surface area (Å²) in [6, 6.07) is 4.74. The van der Waals surface area contributed by atoms with Crippen molar-refractivity contribution in [2.75, 3.05) is 0 Å². The van der Waals surface area contributed by atoms with Crippen LogP contribution in [0.5, 0.6) is 0 Å². The van der Waals surface area contributed by atoms with Gasteiger partial charge in [-0.3, -0.25) is 0 Å². The van der Waals surface area contributed by atoms with Crippen molar-refractivity contribution in [1.82, 2.24) is 4.73 Å². The third-order valence-corrected chi connectivity index (χ3v) is 2.66. The number of aryl methyl sites for hydroxylation is 1. The number of aromatic carboxylic acids is 1. The molecule has 0 saturated heterocycles. The summed E-state index contributed by atoms with van der Waals surface area (Å²) in [5.74, 6) is -4.04. The Morgan fingerprint density at radius 1 is 1.30 bits per heavy atom. The number of hydrogen-bond acceptors (Lipinski definition) is 3. The molecule has 104 valence electrons. The molecule has 0 aliphatic carbocycles. The first-order valence-electron chi connectivity index (χ1n) is 5.55. The van der Waals surface area contributed by atoms with Crippen LogP contribution in [0.3, 0.4) is 0 Å². The van der Waals surface area contributed by atoms with Gasteiger partial charge in [0.2, 0.25) is 0 Å². The lowest BCUT2D eigenvalue weighted by Crippen LogP contribution is -2.21. The first kappa shape index (κ1) is 13.7. The van der Waals surface area contributed by atoms with Crippen molar-refractivity contribution >= 4 is 11.7 Å². The van der Waals surface area contributed by atoms with Gasteiger partial charge in [0.15, 0.2) is 17.1 Å². The van der Waals surface area contributed by atoms with Gasteiger partial charge in [0.1, 0.15) is 5.69 Å². The minimum absolute atomic E-state index is 0.0838. The van der Waals surface area contributed by atoms with Gasteiger partial charge in [0.25, 0.3) is 0 Å². The molecule has 0 atom stereocenters. The fourth-order valence-electron chi connectivity index (χ4n) is 1.66. The molecule has 0 radical (unpaired) electrons. The van der Waals surface area contributed by atoms with Gasteiger partial charge in [-0.15, -0.1) is 0 Å². The molecule has 0 spiro atoms. The highest BCUT2D eigenvalue weighted by atomic mass is 19.2. The maximum Gasteiger partial charge on any atom is 0.338 e. The van der Waals surface area contributed by atoms with Gasteiger partial charge in [-0.2, -0.15) is 4.73 Å². The van der Waals surface area contributed by atoms with Gasteiger partial charge in [-0.05, 0) is 30.7 Å². The summed E-state index contributed by atoms with van der Waals surface area (Å²) >= 11 is 0. The molecule has 0 aliphatic heterocycles. The average Bonchev–Trinajstić information content (AvgIpc) is 2.38. The maximum absolute atomic E-state index is 13.7. The molecule has 7 heteroatoms. The lowest BCUT2D eigenvalue weighted by molar-refractivity contribution is 0.0697. The van der Waals surface area contributed by atoms with Crippen molar-refractivity contribution in [3.8, 4) is 0 Å². The maximum atomic E-state index is 13.7. The van der Waals surface area contributed by atoms with Crippen LogP contribution in [-0.4, -0.2) is 21.0 Å². The van der Waals surface area contributed by atoms with Crippen molar-refractivity contribution in [2.24, 2.45) is 4.99 Å². The molecule has 2 N–H and O–H groups in total. The standard InChI is InChI=1S/C13H10F2N2O3/c1-7-3-2-6-17(20)12(7)16-11-8(13(18)19)4-5-9(14)10(11)15/h2-6,20H,1H3,(H,18,19). The normalized spacial score (nSPS) is 11.7. The van der Waals surface area contributed by atoms with Crippen molar-refractivity contribution in [2.45, 2.75) is 6.92 Å². The van der Waals surface area contributed by atoms with E-state index >= 15 is 0 Å². The summed E-state index contributed by atoms with van der Waals surface area (Å²) in [6.45, 7) is 1.59. The van der Waals surface area contributed by atoms with Gasteiger partial charge in [-0.1, -0.05) is 6.07 Å². The molecule has 1 heterocycles. The summed E-state index contributed by atoms with van der Waals surface area (Å²) < 4.78 is 27.6. The van der Waals surface area contributed by atoms with Crippen molar-refractivity contribution in [3.63, 3.8) is 0 Å². The van der Waals surface area contributed by atoms with Crippen LogP contribution in [-0.2, 0) is 0 Å². The van der Waals surface area contributed by atoms with Crippen molar-refractivity contribution < 1.29 is 23.9 Å². The Bertz CT molecular complexity index is 731. The molecule has 0 fully saturated rings. The van der Waals surface area contributed by atoms with Crippen LogP contribution in [0.2, 0.25) is 0 Å². The zero-order valence-corrected chi connectivity index (χ0v) is 10.3. The number of carbonyl (C=O) groups is 1. The molecule has 2 rings (SSSR count). The van der Waals surface area contributed by atoms with Gasteiger partial charge in [0.05, 0.1) is 5.56 Å². The minimum Gasteiger partial charge on any atom is -0.478 e. The first-order chi connectivity index (χ1) is 9.41. The second-order valence-corrected chi connectivity index (χ2v) is 4.03. The molecular formula is C13H10F2N2O3. The summed E-state index contributed by atoms with van der Waals surface area (Å²) in [5.41, 5.74) is -0.781. The zero-order chi connectivity index (χ0) is 14.9. The number of rotatable bonds is 2. The predicted molar refractivity (Wildman–Crippen MR) is 64.9 cm³/mol. The Morgan fingerprint density at radius 3 is 2.60 bits per heavy atom. The molecular weight excluding hydrogens is 270 g/mol. The van der Waals surface area contributed by atoms with Crippen LogP contribution < -0.4 is 5.49 Å². The number of carboxylic acid groups (broad SMARTS) is 1. The van der Waals surface area contributed by atoms with Crippen LogP contribution in [0.4, 0.5) is 14.5 Å². The lowest BCUT2D eigenvalue weighted by Gasteiger charge is -2.05. The van der Waals surface area contributed by atoms with Crippen LogP contribution in [0, 0.1) is 18.6 Å². The van der Waals surface area contributed by atoms with E-state index in [2.05, 4.69) is 4.99 Å². The van der Waals surface area contributed by atoms with Gasteiger partial charge < -0.3 is 10.3 Å². The lowest BCUT2D eigenvalue weighted by atomic mass is 10.1. The van der Waals surface area contributed by atoms with Gasteiger partial charge in [-0.25, -0.2) is 18.6 Å². The van der Waals surface area contributed by atoms with Crippen LogP contribution in [0.1, 0.15) is 15.9 Å². The van der Waals surface area contributed by atoms with Crippen molar-refractivity contribution in [1.29, 1.82) is 0 Å². The molecule has 0 bridgehead atoms. The molecule has 0 saturated carbocycles. The summed E-state index contributed by atoms with van der Waals surface area (Å²) in [4.78, 5) is 14.8. The van der Waals surface area contributed by atoms with Gasteiger partial charge >= 0.3 is 5.97 Å². The quantitative estimate of drug-likeness (QED) is 0.828. The fraction of sp³-hybridized carbons (Fsp3) is 0.0769. The number of benzene rings is 1. The molecule has 1 aromatic carbocycles. The highest BCUT2D eigenvalue weighted by molar-refractivity contribution is 5.93. The summed E-state index contributed by atoms with van der Waals surface area (Å²) in [5, 5.41) is 18.6. The molecule has 5 nitrogen and oxygen atoms in total. The largest absolute Gasteiger partial charge is 0.478 e. The number of aromatic nitrogens is 1. The van der Waals surface area contributed by atoms with E-state index in [0.717, 1.165) is 6.07 Å². The molecule has 0 unspecified atom stereocenters. The van der Waals surface area contributed by atoms with Crippen LogP contribution >= 0.6 is 0 Å². The van der Waals surface area contributed by atoms with E-state index in [0.29, 0.717) is 16.4 Å². The number of pyridine rings is 1. The number of nitrogens with zero attached hydrogens (tertiary/aromatic N) is 2. The second-order valence-electron chi connectivity index (χ2n) is 4.03. The Hall–Kier alpha value is -2.70. The smallest absolute Gasteiger partial charge is 0.338 e. The van der Waals surface area contributed by atoms with E-state index in [4.69, 9.17) is 5.11 Å². The third kappa shape index (κ3) is 2.37. The number of hydrogen-bond donors (Lipinski definition) is 2. The Labute approximate surface area is 112 Å².